The van der Waals surface area contributed by atoms with Gasteiger partial charge in [0.1, 0.15) is 0 Å². The van der Waals surface area contributed by atoms with Gasteiger partial charge < -0.3 is 10.2 Å². The van der Waals surface area contributed by atoms with Crippen LogP contribution in [0.2, 0.25) is 0 Å². The van der Waals surface area contributed by atoms with E-state index < -0.39 is 6.17 Å². The van der Waals surface area contributed by atoms with Gasteiger partial charge in [-0.05, 0) is 17.0 Å². The first-order valence-corrected chi connectivity index (χ1v) is 9.16. The van der Waals surface area contributed by atoms with Crippen LogP contribution in [0.15, 0.2) is 60.8 Å². The number of carbonyl (C=O) groups is 1. The Morgan fingerprint density at radius 3 is 2.59 bits per heavy atom. The van der Waals surface area contributed by atoms with E-state index in [0.717, 1.165) is 28.9 Å². The average molecular weight is 358 g/mol. The molecule has 0 saturated carbocycles. The van der Waals surface area contributed by atoms with Gasteiger partial charge in [0.25, 0.3) is 0 Å². The molecule has 0 spiro atoms. The number of carbonyl (C=O) groups excluding carboxylic acids is 1. The van der Waals surface area contributed by atoms with Gasteiger partial charge in [0.15, 0.2) is 24.1 Å². The van der Waals surface area contributed by atoms with Crippen molar-refractivity contribution in [2.75, 3.05) is 10.2 Å². The molecule has 1 unspecified atom stereocenters. The lowest BCUT2D eigenvalue weighted by molar-refractivity contribution is -0.108. The third kappa shape index (κ3) is 3.28. The maximum atomic E-state index is 11.6. The van der Waals surface area contributed by atoms with Crippen molar-refractivity contribution >= 4 is 17.8 Å². The molecule has 0 aliphatic carbocycles. The number of aldehydes is 1. The Morgan fingerprint density at radius 2 is 1.85 bits per heavy atom. The molecule has 27 heavy (non-hydrogen) atoms. The van der Waals surface area contributed by atoms with Gasteiger partial charge >= 0.3 is 0 Å². The number of aromatic nitrogens is 2. The highest BCUT2D eigenvalue weighted by molar-refractivity contribution is 5.82. The Morgan fingerprint density at radius 1 is 1.11 bits per heavy atom. The van der Waals surface area contributed by atoms with E-state index in [9.17, 15) is 4.79 Å². The van der Waals surface area contributed by atoms with Crippen LogP contribution in [0.4, 0.5) is 11.5 Å². The lowest BCUT2D eigenvalue weighted by atomic mass is 9.97. The predicted octanol–water partition coefficient (Wildman–Crippen LogP) is 4.22. The van der Waals surface area contributed by atoms with Crippen molar-refractivity contribution in [2.45, 2.75) is 32.5 Å². The number of hydrogen-bond acceptors (Lipinski definition) is 5. The van der Waals surface area contributed by atoms with Gasteiger partial charge in [-0.1, -0.05) is 68.4 Å². The number of nitrogens with zero attached hydrogens (tertiary/aromatic N) is 3. The molecule has 3 aromatic rings. The maximum Gasteiger partial charge on any atom is 0.162 e. The van der Waals surface area contributed by atoms with Crippen molar-refractivity contribution in [1.29, 1.82) is 0 Å². The lowest BCUT2D eigenvalue weighted by Gasteiger charge is -2.22. The van der Waals surface area contributed by atoms with Crippen LogP contribution in [-0.4, -0.2) is 22.4 Å². The monoisotopic (exact) mass is 358 g/mol. The van der Waals surface area contributed by atoms with Crippen molar-refractivity contribution < 1.29 is 4.79 Å². The maximum absolute atomic E-state index is 11.6. The summed E-state index contributed by atoms with van der Waals surface area (Å²) in [5.74, 6) is 1.82. The zero-order valence-corrected chi connectivity index (χ0v) is 15.5. The summed E-state index contributed by atoms with van der Waals surface area (Å²) in [6.45, 7) is 4.93. The Balaban J connectivity index is 1.75. The fourth-order valence-electron chi connectivity index (χ4n) is 3.46. The SMILES string of the molecule is CC(C)c1ccccc1-c1ncc2c(n1)N(Cc1ccccc1)C(C=O)N2. The molecule has 0 fully saturated rings. The molecule has 2 aromatic carbocycles. The summed E-state index contributed by atoms with van der Waals surface area (Å²) in [4.78, 5) is 23.0. The van der Waals surface area contributed by atoms with Crippen LogP contribution in [0.1, 0.15) is 30.9 Å². The molecule has 0 bridgehead atoms. The highest BCUT2D eigenvalue weighted by Crippen LogP contribution is 2.35. The first-order chi connectivity index (χ1) is 13.2. The minimum absolute atomic E-state index is 0.374. The zero-order chi connectivity index (χ0) is 18.8. The number of benzene rings is 2. The lowest BCUT2D eigenvalue weighted by Crippen LogP contribution is -2.36. The Bertz CT molecular complexity index is 956. The van der Waals surface area contributed by atoms with Crippen LogP contribution < -0.4 is 10.2 Å². The molecule has 2 heterocycles. The molecule has 0 radical (unpaired) electrons. The van der Waals surface area contributed by atoms with Crippen LogP contribution in [0, 0.1) is 0 Å². The van der Waals surface area contributed by atoms with Gasteiger partial charge in [0.2, 0.25) is 0 Å². The minimum Gasteiger partial charge on any atom is -0.355 e. The van der Waals surface area contributed by atoms with Crippen LogP contribution in [0.3, 0.4) is 0 Å². The summed E-state index contributed by atoms with van der Waals surface area (Å²) in [5.41, 5.74) is 4.16. The number of hydrogen-bond donors (Lipinski definition) is 1. The van der Waals surface area contributed by atoms with Gasteiger partial charge in [0, 0.05) is 12.1 Å². The van der Waals surface area contributed by atoms with Crippen molar-refractivity contribution in [1.82, 2.24) is 9.97 Å². The predicted molar refractivity (Wildman–Crippen MR) is 108 cm³/mol. The summed E-state index contributed by atoms with van der Waals surface area (Å²) < 4.78 is 0. The van der Waals surface area contributed by atoms with E-state index in [1.165, 1.54) is 5.56 Å². The van der Waals surface area contributed by atoms with Gasteiger partial charge in [-0.15, -0.1) is 0 Å². The highest BCUT2D eigenvalue weighted by atomic mass is 16.1. The molecule has 0 amide bonds. The van der Waals surface area contributed by atoms with E-state index in [0.29, 0.717) is 18.3 Å². The van der Waals surface area contributed by atoms with Crippen LogP contribution in [0.25, 0.3) is 11.4 Å². The summed E-state index contributed by atoms with van der Waals surface area (Å²) in [5, 5.41) is 3.20. The average Bonchev–Trinajstić information content (AvgIpc) is 3.05. The van der Waals surface area contributed by atoms with Crippen LogP contribution >= 0.6 is 0 Å². The molecule has 136 valence electrons. The van der Waals surface area contributed by atoms with Gasteiger partial charge in [-0.2, -0.15) is 0 Å². The summed E-state index contributed by atoms with van der Waals surface area (Å²) in [7, 11) is 0. The molecule has 1 aliphatic heterocycles. The summed E-state index contributed by atoms with van der Waals surface area (Å²) in [6.07, 6.45) is 2.24. The molecule has 5 heteroatoms. The molecular weight excluding hydrogens is 336 g/mol. The van der Waals surface area contributed by atoms with Crippen LogP contribution in [0.5, 0.6) is 0 Å². The molecule has 1 N–H and O–H groups in total. The van der Waals surface area contributed by atoms with Gasteiger partial charge in [-0.3, -0.25) is 4.79 Å². The number of rotatable bonds is 5. The normalized spacial score (nSPS) is 15.5. The fraction of sp³-hybridized carbons (Fsp3) is 0.227. The quantitative estimate of drug-likeness (QED) is 0.692. The largest absolute Gasteiger partial charge is 0.355 e. The Labute approximate surface area is 159 Å². The number of anilines is 2. The number of fused-ring (bicyclic) bond motifs is 1. The zero-order valence-electron chi connectivity index (χ0n) is 15.5. The smallest absolute Gasteiger partial charge is 0.162 e. The van der Waals surface area contributed by atoms with E-state index in [1.54, 1.807) is 6.20 Å². The second-order valence-corrected chi connectivity index (χ2v) is 7.01. The Hall–Kier alpha value is -3.21. The third-order valence-corrected chi connectivity index (χ3v) is 4.83. The summed E-state index contributed by atoms with van der Waals surface area (Å²) in [6, 6.07) is 18.3. The molecule has 1 atom stereocenters. The van der Waals surface area contributed by atoms with Gasteiger partial charge in [-0.25, -0.2) is 9.97 Å². The molecule has 5 nitrogen and oxygen atoms in total. The molecule has 4 rings (SSSR count). The number of nitrogens with one attached hydrogen (secondary N) is 1. The standard InChI is InChI=1S/C22H22N4O/c1-15(2)17-10-6-7-11-18(17)21-23-12-19-22(25-21)26(20(14-27)24-19)13-16-8-4-3-5-9-16/h3-12,14-15,20,24H,13H2,1-2H3. The van der Waals surface area contributed by atoms with Crippen molar-refractivity contribution in [3.05, 3.63) is 71.9 Å². The third-order valence-electron chi connectivity index (χ3n) is 4.83. The highest BCUT2D eigenvalue weighted by Gasteiger charge is 2.31. The first-order valence-electron chi connectivity index (χ1n) is 9.16. The van der Waals surface area contributed by atoms with Crippen LogP contribution in [-0.2, 0) is 11.3 Å². The first kappa shape index (κ1) is 17.2. The van der Waals surface area contributed by atoms with E-state index >= 15 is 0 Å². The summed E-state index contributed by atoms with van der Waals surface area (Å²) >= 11 is 0. The molecule has 0 saturated heterocycles. The van der Waals surface area contributed by atoms with Gasteiger partial charge in [0.05, 0.1) is 11.9 Å². The van der Waals surface area contributed by atoms with E-state index in [1.807, 2.05) is 35.2 Å². The van der Waals surface area contributed by atoms with Crippen molar-refractivity contribution in [3.63, 3.8) is 0 Å². The molecule has 1 aliphatic rings. The van der Waals surface area contributed by atoms with Crippen molar-refractivity contribution in [3.8, 4) is 11.4 Å². The Kier molecular flexibility index (Phi) is 4.59. The second kappa shape index (κ2) is 7.19. The fourth-order valence-corrected chi connectivity index (χ4v) is 3.46. The van der Waals surface area contributed by atoms with E-state index in [2.05, 4.69) is 48.4 Å². The molecule has 1 aromatic heterocycles. The topological polar surface area (TPSA) is 58.1 Å². The minimum atomic E-state index is -0.440. The van der Waals surface area contributed by atoms with Crippen molar-refractivity contribution in [2.24, 2.45) is 0 Å². The van der Waals surface area contributed by atoms with E-state index in [4.69, 9.17) is 4.98 Å². The second-order valence-electron chi connectivity index (χ2n) is 7.01. The molecular formula is C22H22N4O. The van der Waals surface area contributed by atoms with E-state index in [-0.39, 0.29) is 0 Å².